The van der Waals surface area contributed by atoms with E-state index in [-0.39, 0.29) is 0 Å². The van der Waals surface area contributed by atoms with Crippen molar-refractivity contribution in [1.29, 1.82) is 0 Å². The molecule has 18 heavy (non-hydrogen) atoms. The molecule has 0 saturated carbocycles. The van der Waals surface area contributed by atoms with Crippen molar-refractivity contribution in [3.8, 4) is 0 Å². The molecule has 0 saturated heterocycles. The molecule has 0 spiro atoms. The second kappa shape index (κ2) is 5.82. The average Bonchev–Trinajstić information content (AvgIpc) is 2.70. The van der Waals surface area contributed by atoms with Crippen LogP contribution in [-0.2, 0) is 5.75 Å². The summed E-state index contributed by atoms with van der Waals surface area (Å²) in [7, 11) is 0. The molecule has 1 aromatic heterocycles. The topological polar surface area (TPSA) is 38.9 Å². The number of aryl methyl sites for hydroxylation is 2. The lowest BCUT2D eigenvalue weighted by molar-refractivity contribution is 1.18. The smallest absolute Gasteiger partial charge is 0.116 e. The van der Waals surface area contributed by atoms with E-state index in [1.807, 2.05) is 6.92 Å². The fourth-order valence-electron chi connectivity index (χ4n) is 1.52. The maximum absolute atomic E-state index is 5.65. The Balaban J connectivity index is 2.04. The lowest BCUT2D eigenvalue weighted by Crippen LogP contribution is -2.08. The van der Waals surface area contributed by atoms with Crippen molar-refractivity contribution in [3.05, 3.63) is 45.4 Å². The molecule has 2 N–H and O–H groups in total. The van der Waals surface area contributed by atoms with Gasteiger partial charge in [-0.25, -0.2) is 4.98 Å². The fourth-order valence-corrected chi connectivity index (χ4v) is 3.60. The number of aromatic nitrogens is 1. The van der Waals surface area contributed by atoms with Gasteiger partial charge in [0.2, 0.25) is 0 Å². The zero-order valence-electron chi connectivity index (χ0n) is 10.3. The van der Waals surface area contributed by atoms with E-state index in [9.17, 15) is 0 Å². The van der Waals surface area contributed by atoms with Gasteiger partial charge in [0.15, 0.2) is 0 Å². The summed E-state index contributed by atoms with van der Waals surface area (Å²) in [4.78, 5) is 7.13. The lowest BCUT2D eigenvalue weighted by Gasteiger charge is -1.99. The normalized spacial score (nSPS) is 10.6. The molecule has 0 fully saturated rings. The molecule has 0 aliphatic rings. The Morgan fingerprint density at radius 1 is 1.33 bits per heavy atom. The molecule has 0 atom stereocenters. The molecular weight excluding hydrogens is 280 g/mol. The fraction of sp³-hybridized carbons (Fsp3) is 0.231. The Labute approximate surface area is 121 Å². The van der Waals surface area contributed by atoms with Crippen LogP contribution in [0.2, 0.25) is 0 Å². The van der Waals surface area contributed by atoms with Crippen LogP contribution in [0.5, 0.6) is 0 Å². The minimum atomic E-state index is 0.441. The zero-order chi connectivity index (χ0) is 13.1. The molecule has 0 bridgehead atoms. The Morgan fingerprint density at radius 3 is 2.56 bits per heavy atom. The Bertz CT molecular complexity index is 558. The molecule has 0 aliphatic heterocycles. The monoisotopic (exact) mass is 294 g/mol. The number of thiocarbonyl (C=S) groups is 1. The molecular formula is C13H14N2S3. The van der Waals surface area contributed by atoms with Crippen LogP contribution in [0.15, 0.2) is 29.2 Å². The highest BCUT2D eigenvalue weighted by molar-refractivity contribution is 7.98. The van der Waals surface area contributed by atoms with Crippen LogP contribution in [-0.4, -0.2) is 9.97 Å². The lowest BCUT2D eigenvalue weighted by atomic mass is 10.2. The van der Waals surface area contributed by atoms with Gasteiger partial charge >= 0.3 is 0 Å². The van der Waals surface area contributed by atoms with Crippen molar-refractivity contribution in [2.24, 2.45) is 5.73 Å². The van der Waals surface area contributed by atoms with Crippen molar-refractivity contribution in [3.63, 3.8) is 0 Å². The van der Waals surface area contributed by atoms with Gasteiger partial charge in [-0.1, -0.05) is 29.9 Å². The molecule has 5 heteroatoms. The molecule has 0 aliphatic carbocycles. The molecule has 0 radical (unpaired) electrons. The van der Waals surface area contributed by atoms with Gasteiger partial charge in [0.05, 0.1) is 16.3 Å². The Hall–Kier alpha value is -0.910. The molecule has 1 aromatic carbocycles. The van der Waals surface area contributed by atoms with Crippen LogP contribution in [0.1, 0.15) is 21.1 Å². The van der Waals surface area contributed by atoms with Crippen LogP contribution >= 0.6 is 35.3 Å². The van der Waals surface area contributed by atoms with Crippen molar-refractivity contribution in [1.82, 2.24) is 4.98 Å². The third kappa shape index (κ3) is 3.31. The van der Waals surface area contributed by atoms with E-state index in [2.05, 4.69) is 36.2 Å². The highest BCUT2D eigenvalue weighted by Gasteiger charge is 2.09. The number of nitrogens with two attached hydrogens (primary N) is 1. The van der Waals surface area contributed by atoms with E-state index in [1.54, 1.807) is 23.1 Å². The standard InChI is InChI=1S/C13H14N2S3/c1-8-3-5-10(6-4-8)17-7-11-15-9(2)12(18-11)13(14)16/h3-6H,7H2,1-2H3,(H2,14,16). The van der Waals surface area contributed by atoms with Crippen LogP contribution in [0.3, 0.4) is 0 Å². The average molecular weight is 294 g/mol. The first-order valence-corrected chi connectivity index (χ1v) is 7.73. The van der Waals surface area contributed by atoms with Crippen molar-refractivity contribution < 1.29 is 0 Å². The zero-order valence-corrected chi connectivity index (χ0v) is 12.7. The summed E-state index contributed by atoms with van der Waals surface area (Å²) in [6.07, 6.45) is 0. The third-order valence-electron chi connectivity index (χ3n) is 2.45. The van der Waals surface area contributed by atoms with E-state index in [1.165, 1.54) is 10.5 Å². The number of hydrogen-bond donors (Lipinski definition) is 1. The number of nitrogens with zero attached hydrogens (tertiary/aromatic N) is 1. The summed E-state index contributed by atoms with van der Waals surface area (Å²) < 4.78 is 0. The predicted molar refractivity (Wildman–Crippen MR) is 83.5 cm³/mol. The number of thiazole rings is 1. The summed E-state index contributed by atoms with van der Waals surface area (Å²) >= 11 is 8.37. The summed E-state index contributed by atoms with van der Waals surface area (Å²) in [6, 6.07) is 8.51. The van der Waals surface area contributed by atoms with Gasteiger partial charge < -0.3 is 5.73 Å². The van der Waals surface area contributed by atoms with Gasteiger partial charge in [-0.05, 0) is 26.0 Å². The summed E-state index contributed by atoms with van der Waals surface area (Å²) in [5.41, 5.74) is 7.86. The summed E-state index contributed by atoms with van der Waals surface area (Å²) in [5.74, 6) is 0.858. The van der Waals surface area contributed by atoms with Crippen LogP contribution in [0.25, 0.3) is 0 Å². The van der Waals surface area contributed by atoms with Gasteiger partial charge in [0.25, 0.3) is 0 Å². The Morgan fingerprint density at radius 2 is 2.00 bits per heavy atom. The van der Waals surface area contributed by atoms with Gasteiger partial charge in [0.1, 0.15) is 10.00 Å². The Kier molecular flexibility index (Phi) is 4.37. The SMILES string of the molecule is Cc1ccc(SCc2nc(C)c(C(N)=S)s2)cc1. The summed E-state index contributed by atoms with van der Waals surface area (Å²) in [5, 5.41) is 1.07. The molecule has 0 unspecified atom stereocenters. The number of benzene rings is 1. The van der Waals surface area contributed by atoms with Crippen molar-refractivity contribution in [2.75, 3.05) is 0 Å². The van der Waals surface area contributed by atoms with Crippen LogP contribution in [0, 0.1) is 13.8 Å². The van der Waals surface area contributed by atoms with Crippen molar-refractivity contribution in [2.45, 2.75) is 24.5 Å². The molecule has 1 heterocycles. The largest absolute Gasteiger partial charge is 0.389 e. The predicted octanol–water partition coefficient (Wildman–Crippen LogP) is 3.69. The quantitative estimate of drug-likeness (QED) is 0.689. The first-order valence-electron chi connectivity index (χ1n) is 5.52. The first kappa shape index (κ1) is 13.5. The van der Waals surface area contributed by atoms with E-state index < -0.39 is 0 Å². The molecule has 2 aromatic rings. The maximum atomic E-state index is 5.65. The second-order valence-corrected chi connectivity index (χ2v) is 6.56. The van der Waals surface area contributed by atoms with Crippen LogP contribution < -0.4 is 5.73 Å². The molecule has 94 valence electrons. The summed E-state index contributed by atoms with van der Waals surface area (Å²) in [6.45, 7) is 4.04. The first-order chi connectivity index (χ1) is 8.56. The maximum Gasteiger partial charge on any atom is 0.116 e. The third-order valence-corrected chi connectivity index (χ3v) is 5.18. The molecule has 2 nitrogen and oxygen atoms in total. The van der Waals surface area contributed by atoms with E-state index in [0.29, 0.717) is 4.99 Å². The highest BCUT2D eigenvalue weighted by atomic mass is 32.2. The second-order valence-electron chi connectivity index (χ2n) is 3.99. The molecule has 2 rings (SSSR count). The van der Waals surface area contributed by atoms with E-state index >= 15 is 0 Å². The van der Waals surface area contributed by atoms with Crippen LogP contribution in [0.4, 0.5) is 0 Å². The van der Waals surface area contributed by atoms with E-state index in [0.717, 1.165) is 21.3 Å². The minimum Gasteiger partial charge on any atom is -0.389 e. The van der Waals surface area contributed by atoms with Gasteiger partial charge in [-0.15, -0.1) is 23.1 Å². The van der Waals surface area contributed by atoms with Gasteiger partial charge in [-0.3, -0.25) is 0 Å². The number of hydrogen-bond acceptors (Lipinski definition) is 4. The highest BCUT2D eigenvalue weighted by Crippen LogP contribution is 2.27. The van der Waals surface area contributed by atoms with Crippen molar-refractivity contribution >= 4 is 40.3 Å². The van der Waals surface area contributed by atoms with Gasteiger partial charge in [-0.2, -0.15) is 0 Å². The number of rotatable bonds is 4. The van der Waals surface area contributed by atoms with E-state index in [4.69, 9.17) is 18.0 Å². The number of thioether (sulfide) groups is 1. The minimum absolute atomic E-state index is 0.441. The molecule has 0 amide bonds. The van der Waals surface area contributed by atoms with Gasteiger partial charge in [0, 0.05) is 4.90 Å².